The van der Waals surface area contributed by atoms with Gasteiger partial charge < -0.3 is 4.74 Å². The van der Waals surface area contributed by atoms with Crippen LogP contribution in [0.3, 0.4) is 0 Å². The summed E-state index contributed by atoms with van der Waals surface area (Å²) in [6, 6.07) is 3.31. The first-order valence-corrected chi connectivity index (χ1v) is 7.94. The summed E-state index contributed by atoms with van der Waals surface area (Å²) in [7, 11) is 0. The van der Waals surface area contributed by atoms with Crippen molar-refractivity contribution in [2.24, 2.45) is 5.73 Å². The second-order valence-corrected chi connectivity index (χ2v) is 5.64. The molecule has 1 unspecified atom stereocenters. The Kier molecular flexibility index (Phi) is 3.90. The van der Waals surface area contributed by atoms with E-state index in [0.29, 0.717) is 23.8 Å². The van der Waals surface area contributed by atoms with Crippen molar-refractivity contribution in [1.82, 2.24) is 19.9 Å². The predicted octanol–water partition coefficient (Wildman–Crippen LogP) is 0.732. The van der Waals surface area contributed by atoms with Crippen LogP contribution in [-0.2, 0) is 4.79 Å². The van der Waals surface area contributed by atoms with Gasteiger partial charge in [0.1, 0.15) is 18.0 Å². The molecule has 0 amide bonds. The van der Waals surface area contributed by atoms with Crippen LogP contribution in [0.25, 0.3) is 0 Å². The van der Waals surface area contributed by atoms with Gasteiger partial charge in [-0.25, -0.2) is 19.7 Å². The fraction of sp³-hybridized carbons (Fsp3) is 0.308. The summed E-state index contributed by atoms with van der Waals surface area (Å²) in [4.78, 5) is 30.3. The van der Waals surface area contributed by atoms with E-state index in [4.69, 9.17) is 10.5 Å². The first-order chi connectivity index (χ1) is 10.6. The zero-order valence-electron chi connectivity index (χ0n) is 11.8. The van der Waals surface area contributed by atoms with Gasteiger partial charge in [0.15, 0.2) is 5.66 Å². The molecule has 1 atom stereocenters. The van der Waals surface area contributed by atoms with Gasteiger partial charge in [0, 0.05) is 18.8 Å². The fourth-order valence-corrected chi connectivity index (χ4v) is 2.70. The van der Waals surface area contributed by atoms with Crippen molar-refractivity contribution >= 4 is 29.4 Å². The molecule has 1 aliphatic rings. The quantitative estimate of drug-likeness (QED) is 0.816. The van der Waals surface area contributed by atoms with E-state index < -0.39 is 11.6 Å². The largest absolute Gasteiger partial charge is 0.388 e. The highest BCUT2D eigenvalue weighted by Gasteiger charge is 2.46. The summed E-state index contributed by atoms with van der Waals surface area (Å²) in [6.45, 7) is 0. The van der Waals surface area contributed by atoms with Gasteiger partial charge in [-0.2, -0.15) is 16.7 Å². The molecule has 0 aromatic carbocycles. The third-order valence-electron chi connectivity index (χ3n) is 3.27. The molecule has 2 aromatic rings. The van der Waals surface area contributed by atoms with Crippen LogP contribution in [0.1, 0.15) is 6.42 Å². The van der Waals surface area contributed by atoms with Crippen molar-refractivity contribution in [1.29, 1.82) is 0 Å². The molecule has 0 saturated carbocycles. The van der Waals surface area contributed by atoms with Crippen LogP contribution < -0.4 is 15.4 Å². The van der Waals surface area contributed by atoms with E-state index in [0.717, 1.165) is 0 Å². The highest BCUT2D eigenvalue weighted by molar-refractivity contribution is 7.98. The molecule has 22 heavy (non-hydrogen) atoms. The zero-order chi connectivity index (χ0) is 15.6. The number of carbonyl (C=O) groups is 1. The molecular weight excluding hydrogens is 304 g/mol. The molecule has 1 aliphatic heterocycles. The summed E-state index contributed by atoms with van der Waals surface area (Å²) in [5.74, 6) is 0.998. The first-order valence-electron chi connectivity index (χ1n) is 6.54. The number of ether oxygens (including phenoxy) is 1. The van der Waals surface area contributed by atoms with E-state index in [1.54, 1.807) is 35.0 Å². The van der Waals surface area contributed by atoms with E-state index in [2.05, 4.69) is 19.9 Å². The lowest BCUT2D eigenvalue weighted by atomic mass is 10.1. The fourth-order valence-electron chi connectivity index (χ4n) is 2.18. The Labute approximate surface area is 131 Å². The maximum Gasteiger partial charge on any atom is 0.355 e. The Morgan fingerprint density at radius 2 is 2.14 bits per heavy atom. The number of hydrogen-bond acceptors (Lipinski definition) is 9. The van der Waals surface area contributed by atoms with Crippen LogP contribution in [0, 0.1) is 0 Å². The minimum atomic E-state index is -1.41. The molecular formula is C13H14N6O2S. The van der Waals surface area contributed by atoms with Gasteiger partial charge in [0.2, 0.25) is 0 Å². The summed E-state index contributed by atoms with van der Waals surface area (Å²) in [5, 5.41) is 0. The lowest BCUT2D eigenvalue weighted by Crippen LogP contribution is -2.61. The van der Waals surface area contributed by atoms with Crippen molar-refractivity contribution in [3.8, 4) is 6.01 Å². The molecule has 0 aliphatic carbocycles. The van der Waals surface area contributed by atoms with Crippen molar-refractivity contribution < 1.29 is 9.53 Å². The molecule has 0 spiro atoms. The van der Waals surface area contributed by atoms with E-state index >= 15 is 0 Å². The topological polar surface area (TPSA) is 107 Å². The molecule has 2 aromatic heterocycles. The van der Waals surface area contributed by atoms with E-state index in [9.17, 15) is 4.79 Å². The van der Waals surface area contributed by atoms with Gasteiger partial charge in [-0.15, -0.1) is 0 Å². The van der Waals surface area contributed by atoms with Gasteiger partial charge in [-0.3, -0.25) is 10.6 Å². The van der Waals surface area contributed by atoms with Crippen LogP contribution >= 0.6 is 11.8 Å². The van der Waals surface area contributed by atoms with E-state index in [1.807, 2.05) is 6.26 Å². The number of nitrogens with zero attached hydrogens (tertiary/aromatic N) is 5. The van der Waals surface area contributed by atoms with Gasteiger partial charge in [0.05, 0.1) is 0 Å². The normalized spacial score (nSPS) is 20.5. The monoisotopic (exact) mass is 318 g/mol. The van der Waals surface area contributed by atoms with Crippen molar-refractivity contribution in [2.45, 2.75) is 12.1 Å². The average Bonchev–Trinajstić information content (AvgIpc) is 2.60. The summed E-state index contributed by atoms with van der Waals surface area (Å²) < 4.78 is 5.20. The number of aromatic nitrogens is 4. The molecule has 8 nitrogen and oxygen atoms in total. The van der Waals surface area contributed by atoms with Crippen molar-refractivity contribution in [3.63, 3.8) is 0 Å². The molecule has 2 N–H and O–H groups in total. The van der Waals surface area contributed by atoms with Crippen LogP contribution in [0.15, 0.2) is 30.9 Å². The standard InChI is InChI=1S/C13H14N6O2S/c1-22-7-4-13(14)11(20)21-12-16-6-3-10(18-12)19(13)9-2-5-15-8-17-9/h2-3,5-6,8H,4,7,14H2,1H3. The lowest BCUT2D eigenvalue weighted by molar-refractivity contribution is -0.140. The van der Waals surface area contributed by atoms with Gasteiger partial charge >= 0.3 is 12.0 Å². The second-order valence-electron chi connectivity index (χ2n) is 4.66. The highest BCUT2D eigenvalue weighted by atomic mass is 32.2. The Morgan fingerprint density at radius 1 is 1.32 bits per heavy atom. The third-order valence-corrected chi connectivity index (χ3v) is 3.88. The number of nitrogens with two attached hydrogens (primary N) is 1. The summed E-state index contributed by atoms with van der Waals surface area (Å²) >= 11 is 1.59. The number of carbonyl (C=O) groups excluding carboxylic acids is 1. The zero-order valence-corrected chi connectivity index (χ0v) is 12.7. The Morgan fingerprint density at radius 3 is 2.86 bits per heavy atom. The number of hydrogen-bond donors (Lipinski definition) is 1. The van der Waals surface area contributed by atoms with Crippen LogP contribution in [-0.4, -0.2) is 43.6 Å². The molecule has 114 valence electrons. The molecule has 3 rings (SSSR count). The Hall–Kier alpha value is -2.26. The number of fused-ring (bicyclic) bond motifs is 2. The number of esters is 1. The minimum Gasteiger partial charge on any atom is -0.388 e. The molecule has 9 heteroatoms. The third kappa shape index (κ3) is 2.48. The Balaban J connectivity index is 2.14. The molecule has 3 heterocycles. The molecule has 0 radical (unpaired) electrons. The van der Waals surface area contributed by atoms with Gasteiger partial charge in [-0.05, 0) is 24.1 Å². The van der Waals surface area contributed by atoms with Crippen LogP contribution in [0.4, 0.5) is 11.6 Å². The maximum atomic E-state index is 12.5. The number of rotatable bonds is 4. The number of thioether (sulfide) groups is 1. The SMILES string of the molecule is CSCCC1(N)C(=O)Oc2nccc(n2)N1c1ccncn1. The smallest absolute Gasteiger partial charge is 0.355 e. The van der Waals surface area contributed by atoms with Crippen molar-refractivity contribution in [2.75, 3.05) is 16.9 Å². The highest BCUT2D eigenvalue weighted by Crippen LogP contribution is 2.34. The predicted molar refractivity (Wildman–Crippen MR) is 81.8 cm³/mol. The number of anilines is 2. The summed E-state index contributed by atoms with van der Waals surface area (Å²) in [5.41, 5.74) is 5.01. The first kappa shape index (κ1) is 14.7. The molecule has 2 bridgehead atoms. The lowest BCUT2D eigenvalue weighted by Gasteiger charge is -2.36. The van der Waals surface area contributed by atoms with Gasteiger partial charge in [-0.1, -0.05) is 0 Å². The van der Waals surface area contributed by atoms with Gasteiger partial charge in [0.25, 0.3) is 0 Å². The van der Waals surface area contributed by atoms with Crippen LogP contribution in [0.2, 0.25) is 0 Å². The second kappa shape index (κ2) is 5.85. The van der Waals surface area contributed by atoms with Crippen molar-refractivity contribution in [3.05, 3.63) is 30.9 Å². The van der Waals surface area contributed by atoms with Crippen LogP contribution in [0.5, 0.6) is 6.01 Å². The molecule has 0 fully saturated rings. The van der Waals surface area contributed by atoms with E-state index in [1.165, 1.54) is 12.5 Å². The average molecular weight is 318 g/mol. The minimum absolute atomic E-state index is 0.0157. The summed E-state index contributed by atoms with van der Waals surface area (Å²) in [6.07, 6.45) is 6.80. The maximum absolute atomic E-state index is 12.5. The van der Waals surface area contributed by atoms with E-state index in [-0.39, 0.29) is 6.01 Å². The Bertz CT molecular complexity index is 685. The molecule has 0 saturated heterocycles.